The molecule has 0 radical (unpaired) electrons. The zero-order valence-corrected chi connectivity index (χ0v) is 20.0. The topological polar surface area (TPSA) is 105 Å². The molecule has 3 unspecified atom stereocenters. The van der Waals surface area contributed by atoms with Crippen LogP contribution in [0, 0.1) is 5.92 Å². The van der Waals surface area contributed by atoms with Gasteiger partial charge in [0.15, 0.2) is 0 Å². The quantitative estimate of drug-likeness (QED) is 0.323. The Bertz CT molecular complexity index is 1380. The van der Waals surface area contributed by atoms with Crippen LogP contribution in [0.3, 0.4) is 0 Å². The summed E-state index contributed by atoms with van der Waals surface area (Å²) in [5.74, 6) is -0.915. The van der Waals surface area contributed by atoms with Crippen LogP contribution in [0.5, 0.6) is 5.75 Å². The molecule has 1 amide bonds. The number of carbonyl (C=O) groups is 1. The van der Waals surface area contributed by atoms with Crippen LogP contribution in [0.25, 0.3) is 0 Å². The maximum atomic E-state index is 13.2. The maximum Gasteiger partial charge on any atom is 0.265 e. The normalized spacial score (nSPS) is 22.6. The lowest BCUT2D eigenvalue weighted by atomic mass is 9.98. The van der Waals surface area contributed by atoms with E-state index >= 15 is 0 Å². The van der Waals surface area contributed by atoms with Gasteiger partial charge < -0.3 is 4.74 Å². The molecule has 0 spiro atoms. The van der Waals surface area contributed by atoms with Crippen LogP contribution >= 0.6 is 23.2 Å². The molecule has 0 heterocycles. The summed E-state index contributed by atoms with van der Waals surface area (Å²) in [6.07, 6.45) is 0.552. The van der Waals surface area contributed by atoms with E-state index in [9.17, 15) is 18.4 Å². The molecular formula is C24H20Cl2N2O5S. The van der Waals surface area contributed by atoms with Crippen molar-refractivity contribution >= 4 is 39.1 Å². The zero-order chi connectivity index (χ0) is 24.1. The highest BCUT2D eigenvalue weighted by molar-refractivity contribution is 7.89. The van der Waals surface area contributed by atoms with Gasteiger partial charge in [-0.1, -0.05) is 53.5 Å². The molecular weight excluding hydrogens is 499 g/mol. The molecule has 1 saturated carbocycles. The van der Waals surface area contributed by atoms with Crippen molar-refractivity contribution in [2.45, 2.75) is 29.4 Å². The minimum atomic E-state index is -4.06. The van der Waals surface area contributed by atoms with Gasteiger partial charge in [0.1, 0.15) is 17.9 Å². The molecule has 3 aromatic carbocycles. The second kappa shape index (κ2) is 8.55. The number of carbonyl (C=O) groups excluding carboxylic acids is 1. The first-order valence-corrected chi connectivity index (χ1v) is 12.7. The summed E-state index contributed by atoms with van der Waals surface area (Å²) in [6.45, 7) is 0.183. The summed E-state index contributed by atoms with van der Waals surface area (Å²) in [5.41, 5.74) is 2.96. The van der Waals surface area contributed by atoms with E-state index in [2.05, 4.69) is 4.72 Å². The van der Waals surface area contributed by atoms with Crippen molar-refractivity contribution in [3.63, 3.8) is 0 Å². The summed E-state index contributed by atoms with van der Waals surface area (Å²) in [4.78, 5) is 12.6. The molecule has 2 aliphatic rings. The highest BCUT2D eigenvalue weighted by Gasteiger charge is 2.74. The molecule has 0 aliphatic heterocycles. The van der Waals surface area contributed by atoms with E-state index in [-0.39, 0.29) is 23.3 Å². The Morgan fingerprint density at radius 3 is 2.53 bits per heavy atom. The van der Waals surface area contributed by atoms with Gasteiger partial charge >= 0.3 is 0 Å². The van der Waals surface area contributed by atoms with Crippen molar-refractivity contribution in [3.05, 3.63) is 93.5 Å². The van der Waals surface area contributed by atoms with Gasteiger partial charge in [-0.05, 0) is 53.9 Å². The van der Waals surface area contributed by atoms with Gasteiger partial charge in [-0.2, -0.15) is 4.72 Å². The van der Waals surface area contributed by atoms with Crippen molar-refractivity contribution in [2.24, 2.45) is 5.92 Å². The number of benzene rings is 3. The fourth-order valence-electron chi connectivity index (χ4n) is 4.84. The van der Waals surface area contributed by atoms with E-state index in [1.165, 1.54) is 24.3 Å². The van der Waals surface area contributed by atoms with Crippen molar-refractivity contribution in [1.82, 2.24) is 10.2 Å². The molecule has 7 nitrogen and oxygen atoms in total. The van der Waals surface area contributed by atoms with Crippen molar-refractivity contribution < 1.29 is 23.2 Å². The lowest BCUT2D eigenvalue weighted by molar-refractivity contribution is -0.132. The number of hydrogen-bond acceptors (Lipinski definition) is 5. The van der Waals surface area contributed by atoms with Crippen LogP contribution < -0.4 is 14.9 Å². The molecule has 0 bridgehead atoms. The Labute approximate surface area is 206 Å². The summed E-state index contributed by atoms with van der Waals surface area (Å²) in [6, 6.07) is 18.6. The summed E-state index contributed by atoms with van der Waals surface area (Å²) < 4.78 is 34.6. The number of fused-ring (bicyclic) bond motifs is 3. The molecule has 3 N–H and O–H groups in total. The van der Waals surface area contributed by atoms with Crippen molar-refractivity contribution in [2.75, 3.05) is 0 Å². The Morgan fingerprint density at radius 2 is 1.82 bits per heavy atom. The lowest BCUT2D eigenvalue weighted by Gasteiger charge is -2.21. The number of rotatable bonds is 7. The third-order valence-corrected chi connectivity index (χ3v) is 8.61. The number of hydrogen-bond donors (Lipinski definition) is 3. The van der Waals surface area contributed by atoms with Crippen LogP contribution in [0.4, 0.5) is 0 Å². The fourth-order valence-corrected chi connectivity index (χ4v) is 6.74. The molecule has 3 aromatic rings. The highest BCUT2D eigenvalue weighted by Crippen LogP contribution is 2.64. The summed E-state index contributed by atoms with van der Waals surface area (Å²) >= 11 is 12.1. The summed E-state index contributed by atoms with van der Waals surface area (Å²) in [7, 11) is -4.06. The van der Waals surface area contributed by atoms with Gasteiger partial charge in [-0.15, -0.1) is 0 Å². The van der Waals surface area contributed by atoms with Gasteiger partial charge in [-0.3, -0.25) is 10.0 Å². The number of ether oxygens (including phenoxy) is 1. The molecule has 10 heteroatoms. The molecule has 1 fully saturated rings. The molecule has 176 valence electrons. The van der Waals surface area contributed by atoms with Crippen molar-refractivity contribution in [3.8, 4) is 5.75 Å². The average Bonchev–Trinajstić information content (AvgIpc) is 3.24. The van der Waals surface area contributed by atoms with E-state index in [1.807, 2.05) is 24.3 Å². The Kier molecular flexibility index (Phi) is 5.82. The molecule has 0 aromatic heterocycles. The van der Waals surface area contributed by atoms with Crippen LogP contribution in [0.1, 0.15) is 22.6 Å². The molecule has 34 heavy (non-hydrogen) atoms. The van der Waals surface area contributed by atoms with E-state index in [0.29, 0.717) is 22.2 Å². The fraction of sp³-hybridized carbons (Fsp3) is 0.208. The first-order chi connectivity index (χ1) is 16.3. The first-order valence-electron chi connectivity index (χ1n) is 10.5. The molecule has 0 saturated heterocycles. The van der Waals surface area contributed by atoms with E-state index in [0.717, 1.165) is 16.7 Å². The number of nitrogens with one attached hydrogen (secondary N) is 2. The zero-order valence-electron chi connectivity index (χ0n) is 17.7. The average molecular weight is 519 g/mol. The third-order valence-electron chi connectivity index (χ3n) is 6.52. The van der Waals surface area contributed by atoms with Gasteiger partial charge in [0, 0.05) is 27.4 Å². The maximum absolute atomic E-state index is 13.2. The molecule has 2 aliphatic carbocycles. The van der Waals surface area contributed by atoms with Crippen LogP contribution in [-0.4, -0.2) is 25.1 Å². The molecule has 3 atom stereocenters. The van der Waals surface area contributed by atoms with Gasteiger partial charge in [0.05, 0.1) is 4.90 Å². The minimum Gasteiger partial charge on any atom is -0.489 e. The monoisotopic (exact) mass is 518 g/mol. The number of amides is 1. The van der Waals surface area contributed by atoms with E-state index < -0.39 is 21.5 Å². The van der Waals surface area contributed by atoms with Crippen LogP contribution in [0.15, 0.2) is 71.6 Å². The predicted octanol–water partition coefficient (Wildman–Crippen LogP) is 4.06. The summed E-state index contributed by atoms with van der Waals surface area (Å²) in [5, 5.41) is 10.3. The predicted molar refractivity (Wildman–Crippen MR) is 127 cm³/mol. The standard InChI is InChI=1S/C24H20Cl2N2O5S/c25-16-6-5-15(21(26)12-16)13-33-17-7-9-18(10-8-17)34(31,32)28-24(23(29)27-30)20-11-14-3-1-2-4-19(14)22(20)24/h1-10,12,20,22,28,30H,11,13H2,(H,27,29). The first kappa shape index (κ1) is 23.1. The van der Waals surface area contributed by atoms with E-state index in [1.54, 1.807) is 23.7 Å². The van der Waals surface area contributed by atoms with Gasteiger partial charge in [0.25, 0.3) is 5.91 Å². The minimum absolute atomic E-state index is 0.0206. The number of hydroxylamine groups is 1. The number of sulfonamides is 1. The highest BCUT2D eigenvalue weighted by atomic mass is 35.5. The SMILES string of the molecule is O=C(NO)C1(NS(=O)(=O)c2ccc(OCc3ccc(Cl)cc3Cl)cc2)C2Cc3ccccc3C21. The van der Waals surface area contributed by atoms with Crippen molar-refractivity contribution in [1.29, 1.82) is 0 Å². The smallest absolute Gasteiger partial charge is 0.265 e. The Hall–Kier alpha value is -2.62. The Morgan fingerprint density at radius 1 is 1.09 bits per heavy atom. The Balaban J connectivity index is 1.33. The van der Waals surface area contributed by atoms with Gasteiger partial charge in [-0.25, -0.2) is 13.9 Å². The number of halogens is 2. The van der Waals surface area contributed by atoms with Crippen LogP contribution in [-0.2, 0) is 27.8 Å². The van der Waals surface area contributed by atoms with E-state index in [4.69, 9.17) is 27.9 Å². The lowest BCUT2D eigenvalue weighted by Crippen LogP contribution is -2.51. The second-order valence-electron chi connectivity index (χ2n) is 8.40. The van der Waals surface area contributed by atoms with Gasteiger partial charge in [0.2, 0.25) is 10.0 Å². The van der Waals surface area contributed by atoms with Crippen LogP contribution in [0.2, 0.25) is 10.0 Å². The second-order valence-corrected chi connectivity index (χ2v) is 10.9. The largest absolute Gasteiger partial charge is 0.489 e. The third kappa shape index (κ3) is 3.85. The molecule has 5 rings (SSSR count).